The van der Waals surface area contributed by atoms with E-state index in [-0.39, 0.29) is 23.6 Å². The van der Waals surface area contributed by atoms with Crippen LogP contribution in [0.25, 0.3) is 5.57 Å². The molecule has 3 rings (SSSR count). The molecule has 2 aromatic rings. The second kappa shape index (κ2) is 9.20. The summed E-state index contributed by atoms with van der Waals surface area (Å²) in [5, 5.41) is 0.126. The third-order valence-corrected chi connectivity index (χ3v) is 5.87. The predicted molar refractivity (Wildman–Crippen MR) is 117 cm³/mol. The summed E-state index contributed by atoms with van der Waals surface area (Å²) >= 11 is 6.25. The first-order valence-electron chi connectivity index (χ1n) is 9.54. The van der Waals surface area contributed by atoms with Crippen LogP contribution in [0.15, 0.2) is 48.5 Å². The lowest BCUT2D eigenvalue weighted by Crippen LogP contribution is -2.34. The van der Waals surface area contributed by atoms with Crippen molar-refractivity contribution in [2.75, 3.05) is 17.6 Å². The number of ether oxygens (including phenoxy) is 1. The van der Waals surface area contributed by atoms with Crippen molar-refractivity contribution in [3.05, 3.63) is 70.5 Å². The maximum Gasteiger partial charge on any atom is 0.317 e. The molecule has 1 aliphatic rings. The predicted octanol–water partition coefficient (Wildman–Crippen LogP) is 4.17. The highest BCUT2D eigenvalue weighted by atomic mass is 35.5. The van der Waals surface area contributed by atoms with Gasteiger partial charge in [-0.2, -0.15) is 0 Å². The summed E-state index contributed by atoms with van der Waals surface area (Å²) in [7, 11) is -3.43. The van der Waals surface area contributed by atoms with Crippen LogP contribution in [0.3, 0.4) is 0 Å². The van der Waals surface area contributed by atoms with E-state index in [0.29, 0.717) is 16.8 Å². The molecule has 0 heterocycles. The monoisotopic (exact) mass is 465 g/mol. The molecule has 6 nitrogen and oxygen atoms in total. The minimum absolute atomic E-state index is 0.0890. The highest BCUT2D eigenvalue weighted by Gasteiger charge is 2.41. The molecule has 0 saturated carbocycles. The molecule has 2 aromatic carbocycles. The van der Waals surface area contributed by atoms with Crippen molar-refractivity contribution in [3.63, 3.8) is 0 Å². The van der Waals surface area contributed by atoms with Crippen molar-refractivity contribution < 1.29 is 27.1 Å². The van der Waals surface area contributed by atoms with Crippen LogP contribution in [0.1, 0.15) is 30.4 Å². The van der Waals surface area contributed by atoms with Gasteiger partial charge in [-0.3, -0.25) is 14.3 Å². The average molecular weight is 466 g/mol. The number of halogens is 2. The van der Waals surface area contributed by atoms with Gasteiger partial charge in [0.15, 0.2) is 5.78 Å². The number of rotatable bonds is 6. The number of nitrogens with one attached hydrogen (secondary N) is 1. The van der Waals surface area contributed by atoms with Gasteiger partial charge >= 0.3 is 5.97 Å². The molecule has 1 N–H and O–H groups in total. The second-order valence-electron chi connectivity index (χ2n) is 7.20. The van der Waals surface area contributed by atoms with E-state index in [2.05, 4.69) is 4.72 Å². The lowest BCUT2D eigenvalue weighted by atomic mass is 9.73. The number of carbonyl (C=O) groups is 2. The number of allylic oxidation sites excluding steroid dienone is 2. The third-order valence-electron chi connectivity index (χ3n) is 4.94. The van der Waals surface area contributed by atoms with Crippen LogP contribution in [0.5, 0.6) is 0 Å². The molecule has 0 spiro atoms. The summed E-state index contributed by atoms with van der Waals surface area (Å²) in [6.07, 6.45) is 2.57. The van der Waals surface area contributed by atoms with Gasteiger partial charge in [0.2, 0.25) is 10.0 Å². The van der Waals surface area contributed by atoms with E-state index >= 15 is 0 Å². The summed E-state index contributed by atoms with van der Waals surface area (Å²) in [4.78, 5) is 25.5. The average Bonchev–Trinajstić information content (AvgIpc) is 2.67. The smallest absolute Gasteiger partial charge is 0.317 e. The first-order valence-corrected chi connectivity index (χ1v) is 11.8. The van der Waals surface area contributed by atoms with Gasteiger partial charge in [-0.1, -0.05) is 29.8 Å². The zero-order valence-corrected chi connectivity index (χ0v) is 18.5. The van der Waals surface area contributed by atoms with E-state index in [1.54, 1.807) is 31.2 Å². The number of hydrogen-bond acceptors (Lipinski definition) is 5. The molecule has 2 atom stereocenters. The topological polar surface area (TPSA) is 89.5 Å². The quantitative estimate of drug-likeness (QED) is 0.511. The second-order valence-corrected chi connectivity index (χ2v) is 9.35. The Bertz CT molecular complexity index is 1120. The maximum absolute atomic E-state index is 14.7. The van der Waals surface area contributed by atoms with Crippen LogP contribution in [0.2, 0.25) is 5.02 Å². The molecule has 0 unspecified atom stereocenters. The van der Waals surface area contributed by atoms with Crippen LogP contribution in [-0.4, -0.2) is 33.0 Å². The lowest BCUT2D eigenvalue weighted by Gasteiger charge is -2.30. The molecule has 0 amide bonds. The number of benzene rings is 2. The van der Waals surface area contributed by atoms with E-state index in [1.165, 1.54) is 24.3 Å². The molecule has 0 radical (unpaired) electrons. The van der Waals surface area contributed by atoms with Crippen LogP contribution < -0.4 is 4.72 Å². The summed E-state index contributed by atoms with van der Waals surface area (Å²) < 4.78 is 44.9. The molecule has 1 aliphatic carbocycles. The van der Waals surface area contributed by atoms with Crippen molar-refractivity contribution in [2.45, 2.75) is 19.3 Å². The van der Waals surface area contributed by atoms with Gasteiger partial charge in [0, 0.05) is 22.2 Å². The summed E-state index contributed by atoms with van der Waals surface area (Å²) in [5.41, 5.74) is 1.69. The third kappa shape index (κ3) is 5.32. The molecular formula is C22H21ClFNO5S. The maximum atomic E-state index is 14.7. The fraction of sp³-hybridized carbons (Fsp3) is 0.273. The number of hydrogen-bond donors (Lipinski definition) is 1. The Hall–Kier alpha value is -2.71. The molecule has 0 aromatic heterocycles. The summed E-state index contributed by atoms with van der Waals surface area (Å²) in [5.74, 6) is -3.87. The van der Waals surface area contributed by atoms with E-state index < -0.39 is 39.4 Å². The van der Waals surface area contributed by atoms with Gasteiger partial charge in [-0.25, -0.2) is 12.8 Å². The number of sulfonamides is 1. The number of anilines is 1. The minimum atomic E-state index is -3.43. The number of ketones is 1. The Labute approximate surface area is 185 Å². The van der Waals surface area contributed by atoms with Crippen LogP contribution in [-0.2, 0) is 24.3 Å². The zero-order valence-electron chi connectivity index (χ0n) is 16.9. The Morgan fingerprint density at radius 2 is 1.90 bits per heavy atom. The molecule has 9 heteroatoms. The molecular weight excluding hydrogens is 445 g/mol. The van der Waals surface area contributed by atoms with Crippen molar-refractivity contribution >= 4 is 44.6 Å². The highest BCUT2D eigenvalue weighted by Crippen LogP contribution is 2.43. The van der Waals surface area contributed by atoms with E-state index in [4.69, 9.17) is 16.3 Å². The first kappa shape index (κ1) is 23.0. The first-order chi connectivity index (χ1) is 14.6. The van der Waals surface area contributed by atoms with Crippen LogP contribution >= 0.6 is 11.6 Å². The summed E-state index contributed by atoms with van der Waals surface area (Å²) in [6.45, 7) is 1.72. The van der Waals surface area contributed by atoms with E-state index in [1.807, 2.05) is 0 Å². The Morgan fingerprint density at radius 1 is 1.23 bits per heavy atom. The fourth-order valence-electron chi connectivity index (χ4n) is 3.69. The fourth-order valence-corrected chi connectivity index (χ4v) is 4.55. The van der Waals surface area contributed by atoms with Crippen molar-refractivity contribution in [1.29, 1.82) is 0 Å². The van der Waals surface area contributed by atoms with Crippen LogP contribution in [0, 0.1) is 11.7 Å². The molecule has 0 aliphatic heterocycles. The molecule has 164 valence electrons. The molecule has 0 bridgehead atoms. The van der Waals surface area contributed by atoms with Gasteiger partial charge in [-0.05, 0) is 54.8 Å². The van der Waals surface area contributed by atoms with Gasteiger partial charge in [0.05, 0.1) is 12.9 Å². The Kier molecular flexibility index (Phi) is 6.81. The molecule has 0 fully saturated rings. The minimum Gasteiger partial charge on any atom is -0.465 e. The van der Waals surface area contributed by atoms with Crippen molar-refractivity contribution in [1.82, 2.24) is 0 Å². The molecule has 31 heavy (non-hydrogen) atoms. The SMILES string of the molecule is CCOC(=O)[C@@H]1C(=O)C=C(c2ccc(NS(C)(=O)=O)cc2)C[C@H]1c1c(F)cccc1Cl. The Balaban J connectivity index is 2.02. The van der Waals surface area contributed by atoms with Gasteiger partial charge in [0.25, 0.3) is 0 Å². The zero-order chi connectivity index (χ0) is 22.8. The van der Waals surface area contributed by atoms with Crippen molar-refractivity contribution in [3.8, 4) is 0 Å². The standard InChI is InChI=1S/C22H21ClFNO5S/c1-3-30-22(27)21-16(20-17(23)5-4-6-18(20)24)11-14(12-19(21)26)13-7-9-15(10-8-13)25-31(2,28)29/h4-10,12,16,21,25H,3,11H2,1-2H3/t16-,21-/m0/s1. The Morgan fingerprint density at radius 3 is 2.48 bits per heavy atom. The highest BCUT2D eigenvalue weighted by molar-refractivity contribution is 7.92. The lowest BCUT2D eigenvalue weighted by molar-refractivity contribution is -0.151. The van der Waals surface area contributed by atoms with Crippen molar-refractivity contribution in [2.24, 2.45) is 5.92 Å². The van der Waals surface area contributed by atoms with Gasteiger partial charge in [0.1, 0.15) is 11.7 Å². The largest absolute Gasteiger partial charge is 0.465 e. The number of carbonyl (C=O) groups excluding carboxylic acids is 2. The van der Waals surface area contributed by atoms with E-state index in [0.717, 1.165) is 6.26 Å². The normalized spacial score (nSPS) is 19.0. The molecule has 0 saturated heterocycles. The van der Waals surface area contributed by atoms with Crippen LogP contribution in [0.4, 0.5) is 10.1 Å². The van der Waals surface area contributed by atoms with Gasteiger partial charge < -0.3 is 4.74 Å². The summed E-state index contributed by atoms with van der Waals surface area (Å²) in [6, 6.07) is 10.6. The van der Waals surface area contributed by atoms with E-state index in [9.17, 15) is 22.4 Å². The van der Waals surface area contributed by atoms with Gasteiger partial charge in [-0.15, -0.1) is 0 Å². The number of esters is 1.